The zero-order chi connectivity index (χ0) is 14.3. The van der Waals surface area contributed by atoms with Crippen LogP contribution in [0.25, 0.3) is 0 Å². The molecule has 0 radical (unpaired) electrons. The molecule has 4 heteroatoms. The van der Waals surface area contributed by atoms with E-state index in [2.05, 4.69) is 0 Å². The fraction of sp³-hybridized carbons (Fsp3) is 0.533. The summed E-state index contributed by atoms with van der Waals surface area (Å²) in [5, 5.41) is 9.09. The number of aliphatic hydroxyl groups excluding tert-OH is 1. The van der Waals surface area contributed by atoms with Gasteiger partial charge in [-0.2, -0.15) is 0 Å². The van der Waals surface area contributed by atoms with Gasteiger partial charge >= 0.3 is 0 Å². The molecule has 0 saturated heterocycles. The fourth-order valence-electron chi connectivity index (χ4n) is 2.28. The van der Waals surface area contributed by atoms with Crippen LogP contribution in [0.5, 0.6) is 0 Å². The van der Waals surface area contributed by atoms with Gasteiger partial charge in [-0.15, -0.1) is 0 Å². The van der Waals surface area contributed by atoms with Gasteiger partial charge in [-0.1, -0.05) is 26.0 Å². The average Bonchev–Trinajstić information content (AvgIpc) is 2.40. The number of ketones is 1. The number of hydrogen-bond acceptors (Lipinski definition) is 3. The molecule has 0 aliphatic carbocycles. The first kappa shape index (κ1) is 15.8. The summed E-state index contributed by atoms with van der Waals surface area (Å²) in [6.45, 7) is 4.68. The summed E-state index contributed by atoms with van der Waals surface area (Å²) in [6.07, 6.45) is 1.81. The molecule has 0 fully saturated rings. The van der Waals surface area contributed by atoms with Crippen molar-refractivity contribution in [3.05, 3.63) is 35.6 Å². The van der Waals surface area contributed by atoms with Gasteiger partial charge in [0.2, 0.25) is 0 Å². The maximum atomic E-state index is 13.6. The summed E-state index contributed by atoms with van der Waals surface area (Å²) in [5.74, 6) is -0.723. The van der Waals surface area contributed by atoms with Crippen molar-refractivity contribution in [2.45, 2.75) is 32.7 Å². The lowest BCUT2D eigenvalue weighted by Gasteiger charge is -2.29. The van der Waals surface area contributed by atoms with Crippen molar-refractivity contribution < 1.29 is 14.3 Å². The van der Waals surface area contributed by atoms with E-state index in [0.717, 1.165) is 12.8 Å². The Morgan fingerprint density at radius 2 is 1.95 bits per heavy atom. The van der Waals surface area contributed by atoms with E-state index in [4.69, 9.17) is 5.11 Å². The molecular weight excluding hydrogens is 245 g/mol. The second kappa shape index (κ2) is 8.02. The number of halogens is 1. The quantitative estimate of drug-likeness (QED) is 0.736. The van der Waals surface area contributed by atoms with Gasteiger partial charge in [0.05, 0.1) is 18.7 Å². The Bertz CT molecular complexity index is 405. The van der Waals surface area contributed by atoms with E-state index in [-0.39, 0.29) is 30.5 Å². The van der Waals surface area contributed by atoms with Crippen molar-refractivity contribution in [2.24, 2.45) is 0 Å². The molecule has 0 spiro atoms. The molecule has 3 nitrogen and oxygen atoms in total. The highest BCUT2D eigenvalue weighted by Gasteiger charge is 2.20. The number of nitrogens with zero attached hydrogens (tertiary/aromatic N) is 1. The minimum absolute atomic E-state index is 0.00104. The first-order chi connectivity index (χ1) is 9.13. The van der Waals surface area contributed by atoms with Crippen molar-refractivity contribution in [1.29, 1.82) is 0 Å². The van der Waals surface area contributed by atoms with Gasteiger partial charge in [-0.05, 0) is 25.0 Å². The molecule has 1 aromatic rings. The first-order valence-electron chi connectivity index (χ1n) is 6.76. The van der Waals surface area contributed by atoms with Gasteiger partial charge in [0.25, 0.3) is 0 Å². The molecule has 1 rings (SSSR count). The molecule has 0 atom stereocenters. The van der Waals surface area contributed by atoms with Crippen LogP contribution in [-0.2, 0) is 0 Å². The fourth-order valence-corrected chi connectivity index (χ4v) is 2.28. The predicted octanol–water partition coefficient (Wildman–Crippen LogP) is 2.49. The Kier molecular flexibility index (Phi) is 6.67. The molecule has 0 bridgehead atoms. The number of carbonyl (C=O) groups is 1. The molecule has 0 heterocycles. The maximum Gasteiger partial charge on any atom is 0.179 e. The van der Waals surface area contributed by atoms with Crippen molar-refractivity contribution in [3.63, 3.8) is 0 Å². The molecular formula is C15H22FNO2. The highest BCUT2D eigenvalue weighted by atomic mass is 19.1. The number of Topliss-reactive ketones (excluding diaryl/α,β-unsaturated/α-hetero) is 1. The summed E-state index contributed by atoms with van der Waals surface area (Å²) in [6, 6.07) is 6.26. The Morgan fingerprint density at radius 1 is 1.32 bits per heavy atom. The van der Waals surface area contributed by atoms with Crippen LogP contribution in [0.1, 0.15) is 37.0 Å². The highest BCUT2D eigenvalue weighted by molar-refractivity contribution is 5.97. The molecule has 0 aliphatic heterocycles. The molecule has 0 unspecified atom stereocenters. The minimum Gasteiger partial charge on any atom is -0.395 e. The number of hydrogen-bond donors (Lipinski definition) is 1. The molecule has 0 amide bonds. The normalized spacial score (nSPS) is 11.3. The Morgan fingerprint density at radius 3 is 2.47 bits per heavy atom. The lowest BCUT2D eigenvalue weighted by atomic mass is 10.1. The van der Waals surface area contributed by atoms with Crippen LogP contribution >= 0.6 is 0 Å². The molecule has 106 valence electrons. The van der Waals surface area contributed by atoms with Crippen molar-refractivity contribution in [3.8, 4) is 0 Å². The molecule has 0 saturated carbocycles. The van der Waals surface area contributed by atoms with Gasteiger partial charge in [-0.3, -0.25) is 9.69 Å². The summed E-state index contributed by atoms with van der Waals surface area (Å²) in [5.41, 5.74) is 0.122. The monoisotopic (exact) mass is 267 g/mol. The Hall–Kier alpha value is -1.26. The van der Waals surface area contributed by atoms with Crippen LogP contribution in [-0.4, -0.2) is 41.5 Å². The lowest BCUT2D eigenvalue weighted by molar-refractivity contribution is 0.0846. The van der Waals surface area contributed by atoms with E-state index in [0.29, 0.717) is 6.54 Å². The second-order valence-corrected chi connectivity index (χ2v) is 4.57. The van der Waals surface area contributed by atoms with Crippen LogP contribution in [0, 0.1) is 5.82 Å². The van der Waals surface area contributed by atoms with Gasteiger partial charge in [0, 0.05) is 12.6 Å². The standard InChI is InChI=1S/C15H22FNO2/c1-3-12(4-2)17(9-10-18)11-15(19)13-7-5-6-8-14(13)16/h5-8,12,18H,3-4,9-11H2,1-2H3. The Labute approximate surface area is 114 Å². The van der Waals surface area contributed by atoms with Crippen LogP contribution in [0.2, 0.25) is 0 Å². The largest absolute Gasteiger partial charge is 0.395 e. The molecule has 1 aromatic carbocycles. The minimum atomic E-state index is -0.485. The summed E-state index contributed by atoms with van der Waals surface area (Å²) in [7, 11) is 0. The van der Waals surface area contributed by atoms with Crippen molar-refractivity contribution in [1.82, 2.24) is 4.90 Å². The van der Waals surface area contributed by atoms with Crippen molar-refractivity contribution in [2.75, 3.05) is 19.7 Å². The van der Waals surface area contributed by atoms with Gasteiger partial charge in [0.1, 0.15) is 5.82 Å². The average molecular weight is 267 g/mol. The lowest BCUT2D eigenvalue weighted by Crippen LogP contribution is -2.40. The molecule has 1 N–H and O–H groups in total. The van der Waals surface area contributed by atoms with E-state index in [1.165, 1.54) is 12.1 Å². The molecule has 19 heavy (non-hydrogen) atoms. The smallest absolute Gasteiger partial charge is 0.179 e. The highest BCUT2D eigenvalue weighted by Crippen LogP contribution is 2.12. The third-order valence-corrected chi connectivity index (χ3v) is 3.37. The number of benzene rings is 1. The van der Waals surface area contributed by atoms with Gasteiger partial charge in [0.15, 0.2) is 5.78 Å². The number of aliphatic hydroxyl groups is 1. The maximum absolute atomic E-state index is 13.6. The van der Waals surface area contributed by atoms with Crippen LogP contribution in [0.15, 0.2) is 24.3 Å². The third-order valence-electron chi connectivity index (χ3n) is 3.37. The van der Waals surface area contributed by atoms with E-state index in [9.17, 15) is 9.18 Å². The SMILES string of the molecule is CCC(CC)N(CCO)CC(=O)c1ccccc1F. The summed E-state index contributed by atoms with van der Waals surface area (Å²) >= 11 is 0. The Balaban J connectivity index is 2.79. The second-order valence-electron chi connectivity index (χ2n) is 4.57. The molecule has 0 aliphatic rings. The van der Waals surface area contributed by atoms with Gasteiger partial charge < -0.3 is 5.11 Å². The number of carbonyl (C=O) groups excluding carboxylic acids is 1. The zero-order valence-electron chi connectivity index (χ0n) is 11.6. The summed E-state index contributed by atoms with van der Waals surface area (Å²) < 4.78 is 13.6. The van der Waals surface area contributed by atoms with E-state index < -0.39 is 5.82 Å². The topological polar surface area (TPSA) is 40.5 Å². The van der Waals surface area contributed by atoms with E-state index >= 15 is 0 Å². The van der Waals surface area contributed by atoms with E-state index in [1.54, 1.807) is 12.1 Å². The van der Waals surface area contributed by atoms with Crippen LogP contribution in [0.3, 0.4) is 0 Å². The third kappa shape index (κ3) is 4.40. The van der Waals surface area contributed by atoms with Crippen LogP contribution in [0.4, 0.5) is 4.39 Å². The van der Waals surface area contributed by atoms with E-state index in [1.807, 2.05) is 18.7 Å². The van der Waals surface area contributed by atoms with Gasteiger partial charge in [-0.25, -0.2) is 4.39 Å². The van der Waals surface area contributed by atoms with Crippen LogP contribution < -0.4 is 0 Å². The number of rotatable bonds is 8. The molecule has 0 aromatic heterocycles. The predicted molar refractivity (Wildman–Crippen MR) is 73.8 cm³/mol. The summed E-state index contributed by atoms with van der Waals surface area (Å²) in [4.78, 5) is 14.0. The first-order valence-corrected chi connectivity index (χ1v) is 6.76. The zero-order valence-corrected chi connectivity index (χ0v) is 11.6. The van der Waals surface area contributed by atoms with Crippen molar-refractivity contribution >= 4 is 5.78 Å².